The number of pyridine rings is 1. The third kappa shape index (κ3) is 4.53. The summed E-state index contributed by atoms with van der Waals surface area (Å²) in [5.41, 5.74) is 5.15. The lowest BCUT2D eigenvalue weighted by molar-refractivity contribution is -0.385. The van der Waals surface area contributed by atoms with Gasteiger partial charge in [0.2, 0.25) is 5.75 Å². The minimum atomic E-state index is -0.567. The van der Waals surface area contributed by atoms with Gasteiger partial charge in [-0.15, -0.1) is 0 Å². The Morgan fingerprint density at radius 3 is 2.41 bits per heavy atom. The van der Waals surface area contributed by atoms with Crippen molar-refractivity contribution in [1.82, 2.24) is 10.4 Å². The molecular formula is C25H20N4O5. The topological polar surface area (TPSA) is 116 Å². The smallest absolute Gasteiger partial charge is 0.311 e. The van der Waals surface area contributed by atoms with Gasteiger partial charge in [0.05, 0.1) is 42.1 Å². The summed E-state index contributed by atoms with van der Waals surface area (Å²) < 4.78 is 10.3. The molecule has 4 rings (SSSR count). The second-order valence-electron chi connectivity index (χ2n) is 7.16. The van der Waals surface area contributed by atoms with Crippen LogP contribution >= 0.6 is 0 Å². The molecule has 0 radical (unpaired) electrons. The number of nitrogens with one attached hydrogen (secondary N) is 1. The third-order valence-corrected chi connectivity index (χ3v) is 5.13. The molecule has 0 spiro atoms. The third-order valence-electron chi connectivity index (χ3n) is 5.13. The van der Waals surface area contributed by atoms with E-state index in [2.05, 4.69) is 15.5 Å². The molecular weight excluding hydrogens is 436 g/mol. The minimum absolute atomic E-state index is 0.0553. The van der Waals surface area contributed by atoms with Crippen molar-refractivity contribution in [2.24, 2.45) is 5.10 Å². The van der Waals surface area contributed by atoms with Gasteiger partial charge in [-0.1, -0.05) is 48.5 Å². The quantitative estimate of drug-likeness (QED) is 0.247. The molecule has 170 valence electrons. The Kier molecular flexibility index (Phi) is 6.45. The monoisotopic (exact) mass is 456 g/mol. The molecule has 34 heavy (non-hydrogen) atoms. The molecule has 0 saturated carbocycles. The summed E-state index contributed by atoms with van der Waals surface area (Å²) in [5.74, 6) is -0.0880. The van der Waals surface area contributed by atoms with E-state index in [1.54, 1.807) is 6.07 Å². The van der Waals surface area contributed by atoms with E-state index >= 15 is 0 Å². The highest BCUT2D eigenvalue weighted by Gasteiger charge is 2.19. The molecule has 1 N–H and O–H groups in total. The van der Waals surface area contributed by atoms with E-state index in [0.29, 0.717) is 33.5 Å². The van der Waals surface area contributed by atoms with Crippen molar-refractivity contribution < 1.29 is 19.2 Å². The molecule has 1 heterocycles. The highest BCUT2D eigenvalue weighted by atomic mass is 16.6. The van der Waals surface area contributed by atoms with Crippen LogP contribution in [0, 0.1) is 10.1 Å². The molecule has 0 fully saturated rings. The van der Waals surface area contributed by atoms with Gasteiger partial charge in [0.15, 0.2) is 0 Å². The number of ether oxygens (including phenoxy) is 2. The van der Waals surface area contributed by atoms with Crippen molar-refractivity contribution in [3.63, 3.8) is 0 Å². The summed E-state index contributed by atoms with van der Waals surface area (Å²) in [5, 5.41) is 16.0. The maximum absolute atomic E-state index is 13.1. The van der Waals surface area contributed by atoms with E-state index in [-0.39, 0.29) is 11.4 Å². The highest BCUT2D eigenvalue weighted by Crippen LogP contribution is 2.33. The average molecular weight is 456 g/mol. The number of carbonyl (C=O) groups excluding carboxylic acids is 1. The first kappa shape index (κ1) is 22.4. The maximum Gasteiger partial charge on any atom is 0.311 e. The fourth-order valence-electron chi connectivity index (χ4n) is 3.49. The first-order valence-electron chi connectivity index (χ1n) is 10.2. The predicted octanol–water partition coefficient (Wildman–Crippen LogP) is 4.59. The van der Waals surface area contributed by atoms with Crippen LogP contribution in [0.1, 0.15) is 15.9 Å². The van der Waals surface area contributed by atoms with Gasteiger partial charge in [0.1, 0.15) is 5.75 Å². The van der Waals surface area contributed by atoms with Crippen molar-refractivity contribution in [2.45, 2.75) is 0 Å². The first-order chi connectivity index (χ1) is 16.5. The number of nitro groups is 1. The molecule has 0 saturated heterocycles. The maximum atomic E-state index is 13.1. The van der Waals surface area contributed by atoms with Crippen LogP contribution in [0.25, 0.3) is 22.2 Å². The Balaban J connectivity index is 1.67. The Hall–Kier alpha value is -4.79. The lowest BCUT2D eigenvalue weighted by Gasteiger charge is -2.09. The zero-order valence-electron chi connectivity index (χ0n) is 18.4. The minimum Gasteiger partial charge on any atom is -0.496 e. The fourth-order valence-corrected chi connectivity index (χ4v) is 3.49. The van der Waals surface area contributed by atoms with Gasteiger partial charge in [0, 0.05) is 28.6 Å². The largest absolute Gasteiger partial charge is 0.496 e. The van der Waals surface area contributed by atoms with Crippen LogP contribution in [0.15, 0.2) is 77.9 Å². The number of methoxy groups -OCH3 is 2. The second-order valence-corrected chi connectivity index (χ2v) is 7.16. The Labute approximate surface area is 194 Å². The molecule has 1 aromatic heterocycles. The van der Waals surface area contributed by atoms with Crippen molar-refractivity contribution in [3.8, 4) is 22.8 Å². The van der Waals surface area contributed by atoms with Crippen LogP contribution in [0.5, 0.6) is 11.5 Å². The normalized spacial score (nSPS) is 10.9. The number of hydrogen-bond acceptors (Lipinski definition) is 7. The molecule has 0 atom stereocenters. The van der Waals surface area contributed by atoms with E-state index in [1.807, 2.05) is 54.6 Å². The molecule has 0 aliphatic rings. The van der Waals surface area contributed by atoms with Crippen LogP contribution in [0.4, 0.5) is 5.69 Å². The SMILES string of the molecule is COc1cc(OC)c([N+](=O)[O-])cc1/C=N/NC(=O)c1cc(-c2ccccc2)nc2ccccc12. The number of aromatic nitrogens is 1. The van der Waals surface area contributed by atoms with E-state index in [0.717, 1.165) is 5.56 Å². The molecule has 1 amide bonds. The second kappa shape index (κ2) is 9.78. The van der Waals surface area contributed by atoms with Gasteiger partial charge in [-0.05, 0) is 12.1 Å². The standard InChI is InChI=1S/C25H20N4O5/c1-33-23-14-24(34-2)22(29(31)32)12-17(23)15-26-28-25(30)19-13-21(16-8-4-3-5-9-16)27-20-11-7-6-10-18(19)20/h3-15H,1-2H3,(H,28,30)/b26-15+. The highest BCUT2D eigenvalue weighted by molar-refractivity contribution is 6.07. The van der Waals surface area contributed by atoms with Crippen molar-refractivity contribution in [3.05, 3.63) is 94.0 Å². The summed E-state index contributed by atoms with van der Waals surface area (Å²) in [7, 11) is 2.75. The summed E-state index contributed by atoms with van der Waals surface area (Å²) in [4.78, 5) is 28.5. The van der Waals surface area contributed by atoms with Crippen molar-refractivity contribution in [2.75, 3.05) is 14.2 Å². The number of rotatable bonds is 7. The van der Waals surface area contributed by atoms with Crippen LogP contribution in [0.3, 0.4) is 0 Å². The van der Waals surface area contributed by atoms with Gasteiger partial charge < -0.3 is 9.47 Å². The van der Waals surface area contributed by atoms with Crippen molar-refractivity contribution >= 4 is 28.7 Å². The number of fused-ring (bicyclic) bond motifs is 1. The number of amides is 1. The van der Waals surface area contributed by atoms with Crippen LogP contribution in [-0.4, -0.2) is 36.2 Å². The lowest BCUT2D eigenvalue weighted by Crippen LogP contribution is -2.18. The van der Waals surface area contributed by atoms with E-state index < -0.39 is 10.8 Å². The van der Waals surface area contributed by atoms with Gasteiger partial charge >= 0.3 is 5.69 Å². The zero-order chi connectivity index (χ0) is 24.1. The number of hydrogen-bond donors (Lipinski definition) is 1. The Bertz CT molecular complexity index is 1400. The number of benzene rings is 3. The summed E-state index contributed by atoms with van der Waals surface area (Å²) in [6, 6.07) is 21.2. The van der Waals surface area contributed by atoms with Gasteiger partial charge in [0.25, 0.3) is 5.91 Å². The predicted molar refractivity (Wildman–Crippen MR) is 128 cm³/mol. The zero-order valence-corrected chi connectivity index (χ0v) is 18.4. The van der Waals surface area contributed by atoms with Crippen molar-refractivity contribution in [1.29, 1.82) is 0 Å². The van der Waals surface area contributed by atoms with Gasteiger partial charge in [-0.3, -0.25) is 14.9 Å². The van der Waals surface area contributed by atoms with Crippen LogP contribution < -0.4 is 14.9 Å². The summed E-state index contributed by atoms with van der Waals surface area (Å²) in [6.07, 6.45) is 1.28. The molecule has 4 aromatic rings. The number of hydrazone groups is 1. The molecule has 9 nitrogen and oxygen atoms in total. The Morgan fingerprint density at radius 2 is 1.71 bits per heavy atom. The summed E-state index contributed by atoms with van der Waals surface area (Å²) in [6.45, 7) is 0. The fraction of sp³-hybridized carbons (Fsp3) is 0.0800. The number of nitro benzene ring substituents is 1. The van der Waals surface area contributed by atoms with Crippen LogP contribution in [0.2, 0.25) is 0 Å². The molecule has 0 bridgehead atoms. The van der Waals surface area contributed by atoms with Gasteiger partial charge in [-0.25, -0.2) is 10.4 Å². The average Bonchev–Trinajstić information content (AvgIpc) is 2.88. The summed E-state index contributed by atoms with van der Waals surface area (Å²) >= 11 is 0. The van der Waals surface area contributed by atoms with E-state index in [1.165, 1.54) is 32.6 Å². The molecule has 0 aliphatic carbocycles. The van der Waals surface area contributed by atoms with E-state index in [4.69, 9.17) is 9.47 Å². The number of carbonyl (C=O) groups is 1. The molecule has 3 aromatic carbocycles. The van der Waals surface area contributed by atoms with Crippen LogP contribution in [-0.2, 0) is 0 Å². The molecule has 0 aliphatic heterocycles. The lowest BCUT2D eigenvalue weighted by atomic mass is 10.0. The molecule has 9 heteroatoms. The first-order valence-corrected chi connectivity index (χ1v) is 10.2. The number of para-hydroxylation sites is 1. The Morgan fingerprint density at radius 1 is 1.00 bits per heavy atom. The number of nitrogens with zero attached hydrogens (tertiary/aromatic N) is 3. The van der Waals surface area contributed by atoms with Gasteiger partial charge in [-0.2, -0.15) is 5.10 Å². The van der Waals surface area contributed by atoms with E-state index in [9.17, 15) is 14.9 Å². The molecule has 0 unspecified atom stereocenters.